The Morgan fingerprint density at radius 3 is 1.91 bits per heavy atom. The molecule has 1 amide bonds. The number of hydrogen-bond donors (Lipinski definition) is 1. The maximum Gasteiger partial charge on any atom is 0.311 e. The molecular formula is C14H23NO7. The lowest BCUT2D eigenvalue weighted by Crippen LogP contribution is -2.27. The van der Waals surface area contributed by atoms with Crippen molar-refractivity contribution in [2.24, 2.45) is 11.1 Å². The minimum Gasteiger partial charge on any atom is -0.462 e. The molecule has 0 atom stereocenters. The minimum atomic E-state index is -0.771. The topological polar surface area (TPSA) is 122 Å². The first-order valence-corrected chi connectivity index (χ1v) is 6.95. The molecule has 126 valence electrons. The third kappa shape index (κ3) is 8.93. The minimum absolute atomic E-state index is 0.0415. The summed E-state index contributed by atoms with van der Waals surface area (Å²) in [5.41, 5.74) is 4.22. The van der Waals surface area contributed by atoms with Gasteiger partial charge < -0.3 is 19.9 Å². The van der Waals surface area contributed by atoms with Crippen molar-refractivity contribution < 1.29 is 33.4 Å². The highest BCUT2D eigenvalue weighted by atomic mass is 16.6. The number of amides is 1. The molecule has 0 aromatic rings. The molecule has 0 aliphatic heterocycles. The van der Waals surface area contributed by atoms with Gasteiger partial charge >= 0.3 is 17.9 Å². The number of ether oxygens (including phenoxy) is 3. The van der Waals surface area contributed by atoms with E-state index in [0.29, 0.717) is 6.42 Å². The number of rotatable bonds is 10. The molecule has 0 spiro atoms. The Kier molecular flexibility index (Phi) is 8.81. The van der Waals surface area contributed by atoms with Crippen molar-refractivity contribution in [3.63, 3.8) is 0 Å². The van der Waals surface area contributed by atoms with E-state index in [-0.39, 0.29) is 32.0 Å². The Hall–Kier alpha value is -2.12. The Morgan fingerprint density at radius 2 is 1.41 bits per heavy atom. The van der Waals surface area contributed by atoms with Gasteiger partial charge in [-0.2, -0.15) is 0 Å². The van der Waals surface area contributed by atoms with E-state index in [1.807, 2.05) is 6.92 Å². The van der Waals surface area contributed by atoms with Gasteiger partial charge in [0.1, 0.15) is 13.2 Å². The second-order valence-corrected chi connectivity index (χ2v) is 5.22. The third-order valence-corrected chi connectivity index (χ3v) is 2.92. The van der Waals surface area contributed by atoms with Crippen LogP contribution >= 0.6 is 0 Å². The molecule has 22 heavy (non-hydrogen) atoms. The average molecular weight is 317 g/mol. The van der Waals surface area contributed by atoms with Crippen LogP contribution in [0.3, 0.4) is 0 Å². The molecule has 0 bridgehead atoms. The van der Waals surface area contributed by atoms with Crippen LogP contribution in [0.25, 0.3) is 0 Å². The highest BCUT2D eigenvalue weighted by Gasteiger charge is 2.26. The van der Waals surface area contributed by atoms with Crippen molar-refractivity contribution >= 4 is 23.8 Å². The summed E-state index contributed by atoms with van der Waals surface area (Å²) in [5, 5.41) is 0. The SMILES string of the molecule is CCC(C)(C)C(=O)OCCOC(=O)CCC(=O)OCC(N)=O. The molecule has 0 aliphatic carbocycles. The molecule has 0 saturated heterocycles. The normalized spacial score (nSPS) is 10.7. The van der Waals surface area contributed by atoms with Crippen LogP contribution in [0.1, 0.15) is 40.0 Å². The summed E-state index contributed by atoms with van der Waals surface area (Å²) in [6, 6.07) is 0. The molecule has 0 radical (unpaired) electrons. The summed E-state index contributed by atoms with van der Waals surface area (Å²) in [4.78, 5) is 44.4. The molecule has 0 rings (SSSR count). The predicted molar refractivity (Wildman–Crippen MR) is 75.4 cm³/mol. The fourth-order valence-electron chi connectivity index (χ4n) is 1.13. The molecule has 8 nitrogen and oxygen atoms in total. The van der Waals surface area contributed by atoms with Gasteiger partial charge in [0.05, 0.1) is 18.3 Å². The predicted octanol–water partition coefficient (Wildman–Crippen LogP) is 0.318. The lowest BCUT2D eigenvalue weighted by Gasteiger charge is -2.20. The van der Waals surface area contributed by atoms with Crippen LogP contribution in [0, 0.1) is 5.41 Å². The zero-order valence-electron chi connectivity index (χ0n) is 13.2. The van der Waals surface area contributed by atoms with Gasteiger partial charge in [0.25, 0.3) is 5.91 Å². The zero-order valence-corrected chi connectivity index (χ0v) is 13.2. The van der Waals surface area contributed by atoms with Crippen molar-refractivity contribution in [1.82, 2.24) is 0 Å². The van der Waals surface area contributed by atoms with E-state index in [1.165, 1.54) is 0 Å². The fourth-order valence-corrected chi connectivity index (χ4v) is 1.13. The highest BCUT2D eigenvalue weighted by Crippen LogP contribution is 2.21. The van der Waals surface area contributed by atoms with Crippen LogP contribution in [-0.4, -0.2) is 43.6 Å². The van der Waals surface area contributed by atoms with Gasteiger partial charge in [-0.15, -0.1) is 0 Å². The van der Waals surface area contributed by atoms with Gasteiger partial charge in [-0.05, 0) is 20.3 Å². The zero-order chi connectivity index (χ0) is 17.2. The summed E-state index contributed by atoms with van der Waals surface area (Å²) < 4.78 is 14.2. The van der Waals surface area contributed by atoms with E-state index in [2.05, 4.69) is 4.74 Å². The Bertz CT molecular complexity index is 417. The summed E-state index contributed by atoms with van der Waals surface area (Å²) in [7, 11) is 0. The molecule has 0 aromatic heterocycles. The Balaban J connectivity index is 3.76. The van der Waals surface area contributed by atoms with E-state index in [9.17, 15) is 19.2 Å². The van der Waals surface area contributed by atoms with Crippen LogP contribution in [-0.2, 0) is 33.4 Å². The molecule has 0 aromatic carbocycles. The lowest BCUT2D eigenvalue weighted by molar-refractivity contribution is -0.159. The molecule has 0 unspecified atom stereocenters. The summed E-state index contributed by atoms with van der Waals surface area (Å²) >= 11 is 0. The maximum absolute atomic E-state index is 11.6. The molecule has 2 N–H and O–H groups in total. The average Bonchev–Trinajstić information content (AvgIpc) is 2.46. The van der Waals surface area contributed by atoms with Crippen LogP contribution in [0.15, 0.2) is 0 Å². The van der Waals surface area contributed by atoms with Gasteiger partial charge in [-0.3, -0.25) is 19.2 Å². The quantitative estimate of drug-likeness (QED) is 0.349. The van der Waals surface area contributed by atoms with Gasteiger partial charge in [0, 0.05) is 0 Å². The number of carbonyl (C=O) groups excluding carboxylic acids is 4. The smallest absolute Gasteiger partial charge is 0.311 e. The number of hydrogen-bond acceptors (Lipinski definition) is 7. The van der Waals surface area contributed by atoms with E-state index in [4.69, 9.17) is 15.2 Å². The van der Waals surface area contributed by atoms with Crippen molar-refractivity contribution in [2.75, 3.05) is 19.8 Å². The van der Waals surface area contributed by atoms with E-state index in [1.54, 1.807) is 13.8 Å². The highest BCUT2D eigenvalue weighted by molar-refractivity contribution is 5.81. The third-order valence-electron chi connectivity index (χ3n) is 2.92. The Labute approximate surface area is 129 Å². The molecular weight excluding hydrogens is 294 g/mol. The number of nitrogens with two attached hydrogens (primary N) is 1. The molecule has 0 saturated carbocycles. The van der Waals surface area contributed by atoms with Gasteiger partial charge in [0.2, 0.25) is 0 Å². The molecule has 8 heteroatoms. The van der Waals surface area contributed by atoms with E-state index >= 15 is 0 Å². The second kappa shape index (κ2) is 9.75. The Morgan fingerprint density at radius 1 is 0.909 bits per heavy atom. The number of carbonyl (C=O) groups is 4. The number of primary amides is 1. The summed E-state index contributed by atoms with van der Waals surface area (Å²) in [6.07, 6.45) is 0.236. The lowest BCUT2D eigenvalue weighted by atomic mass is 9.91. The van der Waals surface area contributed by atoms with Crippen molar-refractivity contribution in [2.45, 2.75) is 40.0 Å². The van der Waals surface area contributed by atoms with Crippen molar-refractivity contribution in [1.29, 1.82) is 0 Å². The largest absolute Gasteiger partial charge is 0.462 e. The monoisotopic (exact) mass is 317 g/mol. The first kappa shape index (κ1) is 19.9. The number of esters is 3. The standard InChI is InChI=1S/C14H23NO7/c1-4-14(2,3)13(19)21-8-7-20-11(17)5-6-12(18)22-9-10(15)16/h4-9H2,1-3H3,(H2,15,16). The van der Waals surface area contributed by atoms with Gasteiger partial charge in [-0.25, -0.2) is 0 Å². The van der Waals surface area contributed by atoms with Gasteiger partial charge in [-0.1, -0.05) is 6.92 Å². The van der Waals surface area contributed by atoms with Crippen LogP contribution in [0.4, 0.5) is 0 Å². The molecule has 0 heterocycles. The van der Waals surface area contributed by atoms with E-state index < -0.39 is 29.9 Å². The van der Waals surface area contributed by atoms with E-state index in [0.717, 1.165) is 0 Å². The van der Waals surface area contributed by atoms with Crippen LogP contribution < -0.4 is 5.73 Å². The summed E-state index contributed by atoms with van der Waals surface area (Å²) in [5.74, 6) is -2.47. The van der Waals surface area contributed by atoms with Gasteiger partial charge in [0.15, 0.2) is 6.61 Å². The summed E-state index contributed by atoms with van der Waals surface area (Å²) in [6.45, 7) is 4.76. The first-order chi connectivity index (χ1) is 10.2. The molecule has 0 aliphatic rings. The van der Waals surface area contributed by atoms with Crippen LogP contribution in [0.5, 0.6) is 0 Å². The molecule has 0 fully saturated rings. The fraction of sp³-hybridized carbons (Fsp3) is 0.714. The van der Waals surface area contributed by atoms with Crippen LogP contribution in [0.2, 0.25) is 0 Å². The van der Waals surface area contributed by atoms with Crippen molar-refractivity contribution in [3.8, 4) is 0 Å². The second-order valence-electron chi connectivity index (χ2n) is 5.22. The first-order valence-electron chi connectivity index (χ1n) is 6.95. The maximum atomic E-state index is 11.6. The van der Waals surface area contributed by atoms with Crippen molar-refractivity contribution in [3.05, 3.63) is 0 Å².